The van der Waals surface area contributed by atoms with E-state index in [4.69, 9.17) is 10.3 Å². The van der Waals surface area contributed by atoms with Gasteiger partial charge in [0.1, 0.15) is 16.8 Å². The molecule has 13 nitrogen and oxygen atoms in total. The highest BCUT2D eigenvalue weighted by Crippen LogP contribution is 2.41. The molecule has 252 valence electrons. The Morgan fingerprint density at radius 1 is 0.744 bits per heavy atom. The van der Waals surface area contributed by atoms with E-state index in [2.05, 4.69) is 38.3 Å². The smallest absolute Gasteiger partial charge is 0.247 e. The fourth-order valence-corrected chi connectivity index (χ4v) is 12.5. The zero-order valence-electron chi connectivity index (χ0n) is 23.9. The number of hydrogen-bond acceptors (Lipinski definition) is 12. The molecular formula is C22H40Cl2N4O9S6. The Morgan fingerprint density at radius 3 is 1.30 bits per heavy atom. The minimum atomic E-state index is -3.88. The molecule has 0 saturated heterocycles. The number of sulfone groups is 2. The number of nitrogens with one attached hydrogen (secondary N) is 2. The number of nitrogens with two attached hydrogens (primary N) is 2. The van der Waals surface area contributed by atoms with E-state index in [1.165, 1.54) is 12.1 Å². The Morgan fingerprint density at radius 2 is 1.05 bits per heavy atom. The van der Waals surface area contributed by atoms with Gasteiger partial charge in [-0.15, -0.1) is 47.5 Å². The van der Waals surface area contributed by atoms with Crippen LogP contribution in [-0.2, 0) is 39.7 Å². The quantitative estimate of drug-likeness (QED) is 0.303. The minimum absolute atomic E-state index is 0. The van der Waals surface area contributed by atoms with Crippen molar-refractivity contribution in [2.45, 2.75) is 69.5 Å². The lowest BCUT2D eigenvalue weighted by Gasteiger charge is -2.24. The van der Waals surface area contributed by atoms with Crippen molar-refractivity contribution in [3.63, 3.8) is 0 Å². The first kappa shape index (κ1) is 42.6. The predicted molar refractivity (Wildman–Crippen MR) is 174 cm³/mol. The Hall–Kier alpha value is -0.420. The zero-order chi connectivity index (χ0) is 30.3. The second kappa shape index (κ2) is 15.9. The van der Waals surface area contributed by atoms with Crippen LogP contribution in [0, 0.1) is 11.8 Å². The number of primary sulfonamides is 2. The second-order valence-electron chi connectivity index (χ2n) is 10.6. The molecule has 0 amide bonds. The summed E-state index contributed by atoms with van der Waals surface area (Å²) in [6.45, 7) is 9.69. The Labute approximate surface area is 274 Å². The summed E-state index contributed by atoms with van der Waals surface area (Å²) >= 11 is 1.49. The molecule has 0 spiro atoms. The van der Waals surface area contributed by atoms with Crippen molar-refractivity contribution >= 4 is 87.2 Å². The van der Waals surface area contributed by atoms with Crippen LogP contribution in [0.4, 0.5) is 0 Å². The maximum Gasteiger partial charge on any atom is 0.247 e. The molecule has 0 bridgehead atoms. The lowest BCUT2D eigenvalue weighted by Crippen LogP contribution is -2.30. The van der Waals surface area contributed by atoms with Gasteiger partial charge in [-0.2, -0.15) is 0 Å². The van der Waals surface area contributed by atoms with Gasteiger partial charge < -0.3 is 16.1 Å². The van der Waals surface area contributed by atoms with Crippen LogP contribution in [0.15, 0.2) is 29.0 Å². The van der Waals surface area contributed by atoms with E-state index < -0.39 is 39.7 Å². The summed E-state index contributed by atoms with van der Waals surface area (Å²) in [6.07, 6.45) is 0.895. The van der Waals surface area contributed by atoms with E-state index in [1.54, 1.807) is 0 Å². The van der Waals surface area contributed by atoms with Crippen molar-refractivity contribution in [1.29, 1.82) is 0 Å². The molecule has 8 N–H and O–H groups in total. The maximum atomic E-state index is 12.0. The Bertz CT molecular complexity index is 1550. The van der Waals surface area contributed by atoms with Gasteiger partial charge in [-0.3, -0.25) is 0 Å². The van der Waals surface area contributed by atoms with Crippen molar-refractivity contribution in [3.8, 4) is 0 Å². The highest BCUT2D eigenvalue weighted by atomic mass is 35.5. The maximum absolute atomic E-state index is 12.0. The van der Waals surface area contributed by atoms with Gasteiger partial charge in [-0.1, -0.05) is 27.7 Å². The summed E-state index contributed by atoms with van der Waals surface area (Å²) in [6, 6.07) is 2.51. The lowest BCUT2D eigenvalue weighted by molar-refractivity contribution is 0.453. The number of sulfonamides is 2. The van der Waals surface area contributed by atoms with Crippen LogP contribution in [0.1, 0.15) is 63.7 Å². The van der Waals surface area contributed by atoms with E-state index in [0.29, 0.717) is 35.8 Å². The van der Waals surface area contributed by atoms with E-state index >= 15 is 0 Å². The van der Waals surface area contributed by atoms with E-state index in [0.717, 1.165) is 35.8 Å². The summed E-state index contributed by atoms with van der Waals surface area (Å²) < 4.78 is 93.9. The Balaban J connectivity index is 0.000000767. The van der Waals surface area contributed by atoms with Gasteiger partial charge in [0.2, 0.25) is 20.0 Å². The van der Waals surface area contributed by atoms with Crippen LogP contribution in [0.25, 0.3) is 0 Å². The molecule has 4 rings (SSSR count). The van der Waals surface area contributed by atoms with Crippen molar-refractivity contribution in [2.75, 3.05) is 24.6 Å². The largest absolute Gasteiger partial charge is 0.412 e. The van der Waals surface area contributed by atoms with Crippen LogP contribution >= 0.6 is 47.5 Å². The topological polar surface area (TPSA) is 244 Å². The highest BCUT2D eigenvalue weighted by Gasteiger charge is 2.35. The third-order valence-electron chi connectivity index (χ3n) is 6.18. The highest BCUT2D eigenvalue weighted by molar-refractivity contribution is 7.95. The van der Waals surface area contributed by atoms with Crippen molar-refractivity contribution in [1.82, 2.24) is 10.6 Å². The van der Waals surface area contributed by atoms with E-state index in [1.807, 2.05) is 0 Å². The third kappa shape index (κ3) is 10.8. The zero-order valence-corrected chi connectivity index (χ0v) is 30.4. The summed E-state index contributed by atoms with van der Waals surface area (Å²) in [4.78, 5) is 0. The fraction of sp³-hybridized carbons (Fsp3) is 0.636. The average molecular weight is 768 g/mol. The van der Waals surface area contributed by atoms with E-state index in [-0.39, 0.29) is 70.7 Å². The summed E-state index contributed by atoms with van der Waals surface area (Å²) in [5.41, 5.74) is 1.07. The van der Waals surface area contributed by atoms with Crippen LogP contribution < -0.4 is 20.9 Å². The van der Waals surface area contributed by atoms with Crippen molar-refractivity contribution in [3.05, 3.63) is 23.3 Å². The molecule has 0 unspecified atom stereocenters. The molecule has 2 aliphatic rings. The van der Waals surface area contributed by atoms with Crippen molar-refractivity contribution in [2.24, 2.45) is 22.1 Å². The molecule has 2 aromatic rings. The van der Waals surface area contributed by atoms with Crippen LogP contribution in [-0.4, -0.2) is 63.7 Å². The molecule has 0 saturated carbocycles. The molecule has 0 radical (unpaired) electrons. The first-order valence-electron chi connectivity index (χ1n) is 12.5. The molecule has 2 aliphatic heterocycles. The van der Waals surface area contributed by atoms with E-state index in [9.17, 15) is 33.7 Å². The molecular weight excluding hydrogens is 728 g/mol. The lowest BCUT2D eigenvalue weighted by atomic mass is 10.1. The van der Waals surface area contributed by atoms with Gasteiger partial charge in [-0.05, 0) is 49.9 Å². The number of thiophene rings is 2. The molecule has 2 aromatic heterocycles. The van der Waals surface area contributed by atoms with Gasteiger partial charge in [0, 0.05) is 23.2 Å². The molecule has 2 atom stereocenters. The summed E-state index contributed by atoms with van der Waals surface area (Å²) in [5, 5.41) is 16.8. The van der Waals surface area contributed by atoms with Crippen molar-refractivity contribution < 1.29 is 39.1 Å². The number of rotatable bonds is 8. The van der Waals surface area contributed by atoms with Gasteiger partial charge in [0.15, 0.2) is 19.7 Å². The molecule has 0 fully saturated rings. The minimum Gasteiger partial charge on any atom is -0.412 e. The monoisotopic (exact) mass is 766 g/mol. The SMILES string of the molecule is CC(C)CN[C@H]1CCS(=O)(=O)c2sc(S(N)(=O)=O)cc21.CC(C)CN[C@H]1CCS(=O)(=O)c2sc(S(N)(=O)=O)cc21.Cl.Cl.O. The number of hydrogen-bond donors (Lipinski definition) is 4. The molecule has 0 aromatic carbocycles. The number of halogens is 2. The second-order valence-corrected chi connectivity index (χ2v) is 20.9. The van der Waals surface area contributed by atoms with Gasteiger partial charge in [-0.25, -0.2) is 43.9 Å². The third-order valence-corrected chi connectivity index (χ3v) is 16.1. The fourth-order valence-electron chi connectivity index (χ4n) is 4.21. The van der Waals surface area contributed by atoms with Gasteiger partial charge in [0.05, 0.1) is 11.5 Å². The normalized spacial score (nSPS) is 20.4. The Kier molecular flexibility index (Phi) is 15.8. The van der Waals surface area contributed by atoms with Gasteiger partial charge in [0.25, 0.3) is 0 Å². The molecule has 43 heavy (non-hydrogen) atoms. The molecule has 4 heterocycles. The summed E-state index contributed by atoms with van der Waals surface area (Å²) in [5.74, 6) is 0.905. The average Bonchev–Trinajstić information content (AvgIpc) is 3.45. The summed E-state index contributed by atoms with van der Waals surface area (Å²) in [7, 11) is -14.5. The predicted octanol–water partition coefficient (Wildman–Crippen LogP) is 1.74. The number of fused-ring (bicyclic) bond motifs is 2. The van der Waals surface area contributed by atoms with Crippen LogP contribution in [0.2, 0.25) is 0 Å². The standard InChI is InChI=1S/2C11H18N2O4S3.2ClH.H2O/c2*1-7(2)6-13-9-3-4-19(14,15)11-8(9)5-10(18-11)20(12,16)17;;;/h2*5,7,9,13H,3-4,6H2,1-2H3,(H2,12,16,17);2*1H;1H2/t2*9-;;;/m00.../s1. The molecule has 21 heteroatoms. The van der Waals surface area contributed by atoms with Crippen LogP contribution in [0.5, 0.6) is 0 Å². The first-order chi connectivity index (χ1) is 18.2. The first-order valence-corrected chi connectivity index (χ1v) is 20.5. The van der Waals surface area contributed by atoms with Crippen LogP contribution in [0.3, 0.4) is 0 Å². The van der Waals surface area contributed by atoms with Gasteiger partial charge >= 0.3 is 0 Å². The molecule has 0 aliphatic carbocycles.